The zero-order chi connectivity index (χ0) is 20.9. The summed E-state index contributed by atoms with van der Waals surface area (Å²) < 4.78 is 5.34. The summed E-state index contributed by atoms with van der Waals surface area (Å²) in [6.07, 6.45) is 5.79. The van der Waals surface area contributed by atoms with Crippen molar-refractivity contribution in [3.63, 3.8) is 0 Å². The van der Waals surface area contributed by atoms with Gasteiger partial charge in [0.1, 0.15) is 5.58 Å². The van der Waals surface area contributed by atoms with E-state index in [1.165, 1.54) is 17.8 Å². The van der Waals surface area contributed by atoms with Gasteiger partial charge >= 0.3 is 5.63 Å². The molecule has 1 aliphatic rings. The summed E-state index contributed by atoms with van der Waals surface area (Å²) in [6, 6.07) is 9.23. The molecule has 0 spiro atoms. The second-order valence-corrected chi connectivity index (χ2v) is 8.33. The fourth-order valence-electron chi connectivity index (χ4n) is 3.65. The van der Waals surface area contributed by atoms with Crippen molar-refractivity contribution in [3.05, 3.63) is 46.1 Å². The topological polar surface area (TPSA) is 101 Å². The fraction of sp³-hybridized carbons (Fsp3) is 0.364. The average molecular weight is 426 g/mol. The SMILES string of the molecule is O=C(CCC(=O)NC1CCCCC1)Nc1nc(-c2cc3ccccc3oc2=O)cs1. The summed E-state index contributed by atoms with van der Waals surface area (Å²) in [5.74, 6) is -0.370. The monoisotopic (exact) mass is 425 g/mol. The van der Waals surface area contributed by atoms with Gasteiger partial charge in [-0.15, -0.1) is 11.3 Å². The van der Waals surface area contributed by atoms with Crippen LogP contribution in [-0.4, -0.2) is 22.8 Å². The van der Waals surface area contributed by atoms with Crippen molar-refractivity contribution >= 4 is 39.3 Å². The quantitative estimate of drug-likeness (QED) is 0.580. The zero-order valence-corrected chi connectivity index (χ0v) is 17.3. The van der Waals surface area contributed by atoms with Gasteiger partial charge in [0.05, 0.1) is 11.3 Å². The Balaban J connectivity index is 1.34. The Kier molecular flexibility index (Phi) is 6.23. The predicted molar refractivity (Wildman–Crippen MR) is 116 cm³/mol. The number of thiazole rings is 1. The zero-order valence-electron chi connectivity index (χ0n) is 16.5. The number of aromatic nitrogens is 1. The molecular formula is C22H23N3O4S. The molecule has 0 unspecified atom stereocenters. The van der Waals surface area contributed by atoms with Crippen LogP contribution in [0.4, 0.5) is 5.13 Å². The Morgan fingerprint density at radius 2 is 1.87 bits per heavy atom. The lowest BCUT2D eigenvalue weighted by Gasteiger charge is -2.22. The van der Waals surface area contributed by atoms with Crippen molar-refractivity contribution in [1.82, 2.24) is 10.3 Å². The van der Waals surface area contributed by atoms with E-state index in [9.17, 15) is 14.4 Å². The highest BCUT2D eigenvalue weighted by atomic mass is 32.1. The molecule has 1 aliphatic carbocycles. The standard InChI is InChI=1S/C22H23N3O4S/c26-19(23-15-7-2-1-3-8-15)10-11-20(27)25-22-24-17(13-30-22)16-12-14-6-4-5-9-18(14)29-21(16)28/h4-6,9,12-13,15H,1-3,7-8,10-11H2,(H,23,26)(H,24,25,27). The second-order valence-electron chi connectivity index (χ2n) is 7.47. The summed E-state index contributed by atoms with van der Waals surface area (Å²) >= 11 is 1.23. The summed E-state index contributed by atoms with van der Waals surface area (Å²) in [5, 5.41) is 8.60. The largest absolute Gasteiger partial charge is 0.422 e. The molecule has 7 nitrogen and oxygen atoms in total. The van der Waals surface area contributed by atoms with Crippen LogP contribution in [0.25, 0.3) is 22.2 Å². The molecule has 3 aromatic rings. The molecular weight excluding hydrogens is 402 g/mol. The smallest absolute Gasteiger partial charge is 0.345 e. The highest BCUT2D eigenvalue weighted by molar-refractivity contribution is 7.14. The maximum Gasteiger partial charge on any atom is 0.345 e. The molecule has 156 valence electrons. The number of nitrogens with zero attached hydrogens (tertiary/aromatic N) is 1. The molecule has 1 aromatic carbocycles. The Morgan fingerprint density at radius 1 is 1.10 bits per heavy atom. The maximum absolute atomic E-state index is 12.3. The van der Waals surface area contributed by atoms with E-state index in [0.29, 0.717) is 22.0 Å². The molecule has 0 aliphatic heterocycles. The van der Waals surface area contributed by atoms with Gasteiger partial charge in [-0.2, -0.15) is 0 Å². The number of amides is 2. The molecule has 2 heterocycles. The van der Waals surface area contributed by atoms with Crippen LogP contribution in [0, 0.1) is 0 Å². The number of hydrogen-bond donors (Lipinski definition) is 2. The lowest BCUT2D eigenvalue weighted by molar-refractivity contribution is -0.125. The molecule has 0 bridgehead atoms. The van der Waals surface area contributed by atoms with Crippen molar-refractivity contribution < 1.29 is 14.0 Å². The van der Waals surface area contributed by atoms with Crippen molar-refractivity contribution in [1.29, 1.82) is 0 Å². The minimum atomic E-state index is -0.476. The first-order chi connectivity index (χ1) is 14.6. The van der Waals surface area contributed by atoms with Gasteiger partial charge in [-0.3, -0.25) is 9.59 Å². The fourth-order valence-corrected chi connectivity index (χ4v) is 4.38. The number of carbonyl (C=O) groups excluding carboxylic acids is 2. The third-order valence-electron chi connectivity index (χ3n) is 5.22. The molecule has 1 fully saturated rings. The summed E-state index contributed by atoms with van der Waals surface area (Å²) in [6.45, 7) is 0. The van der Waals surface area contributed by atoms with Crippen LogP contribution in [0.5, 0.6) is 0 Å². The Labute approximate surface area is 177 Å². The Hall–Kier alpha value is -3.00. The van der Waals surface area contributed by atoms with Gasteiger partial charge in [-0.05, 0) is 25.0 Å². The number of rotatable bonds is 6. The first-order valence-corrected chi connectivity index (χ1v) is 11.0. The molecule has 2 N–H and O–H groups in total. The lowest BCUT2D eigenvalue weighted by atomic mass is 9.95. The van der Waals surface area contributed by atoms with Crippen molar-refractivity contribution in [2.24, 2.45) is 0 Å². The first-order valence-electron chi connectivity index (χ1n) is 10.2. The average Bonchev–Trinajstić information content (AvgIpc) is 3.20. The van der Waals surface area contributed by atoms with Gasteiger partial charge in [0.2, 0.25) is 11.8 Å². The van der Waals surface area contributed by atoms with Gasteiger partial charge in [0.15, 0.2) is 5.13 Å². The van der Waals surface area contributed by atoms with E-state index in [0.717, 1.165) is 31.1 Å². The number of anilines is 1. The van der Waals surface area contributed by atoms with E-state index < -0.39 is 5.63 Å². The molecule has 0 saturated heterocycles. The molecule has 2 aromatic heterocycles. The molecule has 0 radical (unpaired) electrons. The van der Waals surface area contributed by atoms with Gasteiger partial charge < -0.3 is 15.1 Å². The first kappa shape index (κ1) is 20.3. The lowest BCUT2D eigenvalue weighted by Crippen LogP contribution is -2.36. The van der Waals surface area contributed by atoms with E-state index in [1.54, 1.807) is 23.6 Å². The van der Waals surface area contributed by atoms with Gasteiger partial charge in [-0.1, -0.05) is 37.5 Å². The second kappa shape index (κ2) is 9.21. The van der Waals surface area contributed by atoms with Crippen molar-refractivity contribution in [2.75, 3.05) is 5.32 Å². The molecule has 0 atom stereocenters. The van der Waals surface area contributed by atoms with E-state index in [1.807, 2.05) is 12.1 Å². The molecule has 2 amide bonds. The molecule has 8 heteroatoms. The number of benzene rings is 1. The summed E-state index contributed by atoms with van der Waals surface area (Å²) in [4.78, 5) is 40.9. The summed E-state index contributed by atoms with van der Waals surface area (Å²) in [7, 11) is 0. The maximum atomic E-state index is 12.3. The van der Waals surface area contributed by atoms with E-state index in [2.05, 4.69) is 15.6 Å². The van der Waals surface area contributed by atoms with Crippen LogP contribution < -0.4 is 16.3 Å². The van der Waals surface area contributed by atoms with Crippen LogP contribution in [0.2, 0.25) is 0 Å². The van der Waals surface area contributed by atoms with Crippen LogP contribution >= 0.6 is 11.3 Å². The van der Waals surface area contributed by atoms with E-state index in [4.69, 9.17) is 4.42 Å². The Morgan fingerprint density at radius 3 is 2.70 bits per heavy atom. The number of carbonyl (C=O) groups is 2. The van der Waals surface area contributed by atoms with Crippen LogP contribution in [0.1, 0.15) is 44.9 Å². The van der Waals surface area contributed by atoms with E-state index in [-0.39, 0.29) is 30.7 Å². The number of hydrogen-bond acceptors (Lipinski definition) is 6. The van der Waals surface area contributed by atoms with Crippen LogP contribution in [-0.2, 0) is 9.59 Å². The third-order valence-corrected chi connectivity index (χ3v) is 5.98. The predicted octanol–water partition coefficient (Wildman–Crippen LogP) is 4.08. The van der Waals surface area contributed by atoms with Gasteiger partial charge in [0, 0.05) is 29.6 Å². The Bertz CT molecular complexity index is 1110. The minimum absolute atomic E-state index is 0.0889. The van der Waals surface area contributed by atoms with Gasteiger partial charge in [0.25, 0.3) is 0 Å². The molecule has 4 rings (SSSR count). The number of fused-ring (bicyclic) bond motifs is 1. The highest BCUT2D eigenvalue weighted by Gasteiger charge is 2.17. The van der Waals surface area contributed by atoms with Crippen LogP contribution in [0.3, 0.4) is 0 Å². The normalized spacial score (nSPS) is 14.5. The van der Waals surface area contributed by atoms with Gasteiger partial charge in [-0.25, -0.2) is 9.78 Å². The van der Waals surface area contributed by atoms with E-state index >= 15 is 0 Å². The summed E-state index contributed by atoms with van der Waals surface area (Å²) in [5.41, 5.74) is 0.833. The molecule has 30 heavy (non-hydrogen) atoms. The van der Waals surface area contributed by atoms with Crippen molar-refractivity contribution in [2.45, 2.75) is 51.0 Å². The molecule has 1 saturated carbocycles. The van der Waals surface area contributed by atoms with Crippen LogP contribution in [0.15, 0.2) is 44.9 Å². The third kappa shape index (κ3) is 4.94. The number of nitrogens with one attached hydrogen (secondary N) is 2. The highest BCUT2D eigenvalue weighted by Crippen LogP contribution is 2.25. The number of para-hydroxylation sites is 1. The minimum Gasteiger partial charge on any atom is -0.422 e. The van der Waals surface area contributed by atoms with Crippen molar-refractivity contribution in [3.8, 4) is 11.3 Å².